The normalized spacial score (nSPS) is 11.2. The first-order chi connectivity index (χ1) is 8.93. The Morgan fingerprint density at radius 1 is 1.21 bits per heavy atom. The molecule has 1 radical (unpaired) electrons. The third-order valence-electron chi connectivity index (χ3n) is 2.42. The summed E-state index contributed by atoms with van der Waals surface area (Å²) in [5.41, 5.74) is 8.27. The molecule has 0 spiro atoms. The number of benzene rings is 1. The van der Waals surface area contributed by atoms with Gasteiger partial charge in [-0.1, -0.05) is 0 Å². The molecule has 1 amide bonds. The molecule has 19 heavy (non-hydrogen) atoms. The number of amides is 1. The summed E-state index contributed by atoms with van der Waals surface area (Å²) >= 11 is 5.37. The lowest BCUT2D eigenvalue weighted by Gasteiger charge is -2.05. The summed E-state index contributed by atoms with van der Waals surface area (Å²) in [7, 11) is -3.14. The summed E-state index contributed by atoms with van der Waals surface area (Å²) in [5.74, 6) is -0.243. The maximum absolute atomic E-state index is 11.6. The van der Waals surface area contributed by atoms with E-state index in [9.17, 15) is 13.2 Å². The Labute approximate surface area is 118 Å². The Hall–Kier alpha value is -1.27. The first kappa shape index (κ1) is 15.8. The summed E-state index contributed by atoms with van der Waals surface area (Å²) in [5, 5.41) is 2.64. The number of anilines is 1. The van der Waals surface area contributed by atoms with E-state index >= 15 is 0 Å². The van der Waals surface area contributed by atoms with Crippen LogP contribution in [-0.2, 0) is 14.6 Å². The van der Waals surface area contributed by atoms with Crippen LogP contribution in [0.15, 0.2) is 24.3 Å². The number of hydrogen-bond donors (Lipinski definition) is 1. The Morgan fingerprint density at radius 2 is 1.84 bits per heavy atom. The van der Waals surface area contributed by atoms with Gasteiger partial charge in [0, 0.05) is 18.0 Å². The third-order valence-corrected chi connectivity index (χ3v) is 4.57. The van der Waals surface area contributed by atoms with Crippen LogP contribution in [0.4, 0.5) is 11.4 Å². The fourth-order valence-electron chi connectivity index (χ4n) is 1.45. The second-order valence-corrected chi connectivity index (χ2v) is 6.75. The highest BCUT2D eigenvalue weighted by Crippen LogP contribution is 2.12. The van der Waals surface area contributed by atoms with Crippen LogP contribution in [0.1, 0.15) is 12.8 Å². The SMILES string of the molecule is [NH]c1ccc(NC(=O)CCCS(=O)(=O)CCCl)cc1. The number of rotatable bonds is 7. The number of sulfone groups is 1. The van der Waals surface area contributed by atoms with E-state index in [1.165, 1.54) is 0 Å². The predicted molar refractivity (Wildman–Crippen MR) is 76.4 cm³/mol. The van der Waals surface area contributed by atoms with Crippen molar-refractivity contribution in [3.05, 3.63) is 24.3 Å². The summed E-state index contributed by atoms with van der Waals surface area (Å²) < 4.78 is 22.7. The van der Waals surface area contributed by atoms with Crippen molar-refractivity contribution < 1.29 is 13.2 Å². The van der Waals surface area contributed by atoms with Gasteiger partial charge in [-0.2, -0.15) is 0 Å². The molecule has 0 saturated heterocycles. The van der Waals surface area contributed by atoms with Crippen molar-refractivity contribution >= 4 is 38.7 Å². The molecule has 0 atom stereocenters. The molecule has 5 nitrogen and oxygen atoms in total. The van der Waals surface area contributed by atoms with Crippen LogP contribution in [-0.4, -0.2) is 31.7 Å². The standard InChI is InChI=1S/C12H16ClN2O3S/c13-7-9-19(17,18)8-1-2-12(16)15-11-5-3-10(14)4-6-11/h3-6,14H,1-2,7-9H2,(H,15,16). The topological polar surface area (TPSA) is 87.0 Å². The molecular weight excluding hydrogens is 288 g/mol. The quantitative estimate of drug-likeness (QED) is 0.781. The largest absolute Gasteiger partial charge is 0.326 e. The van der Waals surface area contributed by atoms with Crippen LogP contribution in [0.5, 0.6) is 0 Å². The Morgan fingerprint density at radius 3 is 2.42 bits per heavy atom. The van der Waals surface area contributed by atoms with Crippen molar-refractivity contribution in [1.29, 1.82) is 0 Å². The molecule has 0 aliphatic rings. The van der Waals surface area contributed by atoms with E-state index in [1.807, 2.05) is 0 Å². The fraction of sp³-hybridized carbons (Fsp3) is 0.417. The highest BCUT2D eigenvalue weighted by Gasteiger charge is 2.11. The van der Waals surface area contributed by atoms with Crippen molar-refractivity contribution in [2.75, 3.05) is 22.7 Å². The summed E-state index contributed by atoms with van der Waals surface area (Å²) in [6.07, 6.45) is 0.422. The lowest BCUT2D eigenvalue weighted by atomic mass is 10.2. The summed E-state index contributed by atoms with van der Waals surface area (Å²) in [6.45, 7) is 0. The second kappa shape index (κ2) is 7.35. The zero-order valence-electron chi connectivity index (χ0n) is 10.4. The van der Waals surface area contributed by atoms with E-state index < -0.39 is 9.84 Å². The molecule has 0 heterocycles. The van der Waals surface area contributed by atoms with Crippen LogP contribution in [0, 0.1) is 0 Å². The third kappa shape index (κ3) is 6.45. The molecule has 0 saturated carbocycles. The highest BCUT2D eigenvalue weighted by molar-refractivity contribution is 7.91. The average molecular weight is 304 g/mol. The number of hydrogen-bond acceptors (Lipinski definition) is 3. The van der Waals surface area contributed by atoms with Gasteiger partial charge in [-0.25, -0.2) is 8.42 Å². The molecule has 0 bridgehead atoms. The number of nitrogens with one attached hydrogen (secondary N) is 2. The van der Waals surface area contributed by atoms with Crippen molar-refractivity contribution in [2.45, 2.75) is 12.8 Å². The first-order valence-electron chi connectivity index (χ1n) is 5.81. The average Bonchev–Trinajstić information content (AvgIpc) is 2.31. The number of carbonyl (C=O) groups is 1. The second-order valence-electron chi connectivity index (χ2n) is 4.07. The van der Waals surface area contributed by atoms with Crippen LogP contribution in [0.25, 0.3) is 0 Å². The van der Waals surface area contributed by atoms with Gasteiger partial charge in [-0.15, -0.1) is 11.6 Å². The van der Waals surface area contributed by atoms with Crippen molar-refractivity contribution in [3.8, 4) is 0 Å². The van der Waals surface area contributed by atoms with Crippen molar-refractivity contribution in [2.24, 2.45) is 0 Å². The predicted octanol–water partition coefficient (Wildman–Crippen LogP) is 1.97. The van der Waals surface area contributed by atoms with Crippen LogP contribution in [0.2, 0.25) is 0 Å². The monoisotopic (exact) mass is 303 g/mol. The van der Waals surface area contributed by atoms with E-state index in [4.69, 9.17) is 17.3 Å². The minimum Gasteiger partial charge on any atom is -0.326 e. The molecule has 0 aliphatic carbocycles. The maximum Gasteiger partial charge on any atom is 0.224 e. The van der Waals surface area contributed by atoms with Gasteiger partial charge in [0.05, 0.1) is 17.2 Å². The van der Waals surface area contributed by atoms with E-state index in [0.29, 0.717) is 11.4 Å². The van der Waals surface area contributed by atoms with Gasteiger partial charge in [0.15, 0.2) is 9.84 Å². The molecule has 1 aromatic rings. The molecule has 2 N–H and O–H groups in total. The highest BCUT2D eigenvalue weighted by atomic mass is 35.5. The number of alkyl halides is 1. The molecule has 0 fully saturated rings. The van der Waals surface area contributed by atoms with Crippen LogP contribution in [0.3, 0.4) is 0 Å². The van der Waals surface area contributed by atoms with Crippen LogP contribution >= 0.6 is 11.6 Å². The molecule has 1 rings (SSSR count). The molecule has 0 unspecified atom stereocenters. The Bertz CT molecular complexity index is 514. The number of halogens is 1. The maximum atomic E-state index is 11.6. The van der Waals surface area contributed by atoms with E-state index in [2.05, 4.69) is 5.32 Å². The Balaban J connectivity index is 2.34. The van der Waals surface area contributed by atoms with Gasteiger partial charge in [0.1, 0.15) is 0 Å². The summed E-state index contributed by atoms with van der Waals surface area (Å²) in [4.78, 5) is 11.6. The first-order valence-corrected chi connectivity index (χ1v) is 8.16. The molecular formula is C12H16ClN2O3S. The van der Waals surface area contributed by atoms with Gasteiger partial charge < -0.3 is 11.1 Å². The molecule has 7 heteroatoms. The minimum absolute atomic E-state index is 0.0290. The van der Waals surface area contributed by atoms with Gasteiger partial charge in [0.2, 0.25) is 5.91 Å². The fourth-order valence-corrected chi connectivity index (χ4v) is 3.18. The van der Waals surface area contributed by atoms with Crippen molar-refractivity contribution in [1.82, 2.24) is 5.73 Å². The van der Waals surface area contributed by atoms with Crippen LogP contribution < -0.4 is 11.1 Å². The zero-order valence-corrected chi connectivity index (χ0v) is 11.9. The smallest absolute Gasteiger partial charge is 0.224 e. The Kier molecular flexibility index (Phi) is 6.11. The van der Waals surface area contributed by atoms with E-state index in [1.54, 1.807) is 24.3 Å². The molecule has 105 valence electrons. The lowest BCUT2D eigenvalue weighted by molar-refractivity contribution is -0.116. The van der Waals surface area contributed by atoms with Gasteiger partial charge in [-0.3, -0.25) is 4.79 Å². The molecule has 0 aliphatic heterocycles. The minimum atomic E-state index is -3.14. The zero-order chi connectivity index (χ0) is 14.3. The number of carbonyl (C=O) groups excluding carboxylic acids is 1. The molecule has 0 aromatic heterocycles. The van der Waals surface area contributed by atoms with E-state index in [-0.39, 0.29) is 36.1 Å². The van der Waals surface area contributed by atoms with Gasteiger partial charge in [-0.05, 0) is 30.7 Å². The van der Waals surface area contributed by atoms with E-state index in [0.717, 1.165) is 0 Å². The summed E-state index contributed by atoms with van der Waals surface area (Å²) in [6, 6.07) is 6.40. The van der Waals surface area contributed by atoms with Crippen molar-refractivity contribution in [3.63, 3.8) is 0 Å². The molecule has 1 aromatic carbocycles. The lowest BCUT2D eigenvalue weighted by Crippen LogP contribution is -2.16. The van der Waals surface area contributed by atoms with Gasteiger partial charge in [0.25, 0.3) is 0 Å². The van der Waals surface area contributed by atoms with Gasteiger partial charge >= 0.3 is 0 Å².